The third-order valence-electron chi connectivity index (χ3n) is 5.83. The maximum absolute atomic E-state index is 13.4. The lowest BCUT2D eigenvalue weighted by molar-refractivity contribution is -0.120. The molecular formula is C21H29F2N3O3. The van der Waals surface area contributed by atoms with Gasteiger partial charge in [0, 0.05) is 57.3 Å². The first-order valence-corrected chi connectivity index (χ1v) is 10.2. The molecule has 8 heteroatoms. The summed E-state index contributed by atoms with van der Waals surface area (Å²) in [7, 11) is 0. The smallest absolute Gasteiger partial charge is 0.254 e. The Hall–Kier alpha value is -2.06. The number of hydrogen-bond acceptors (Lipinski definition) is 4. The largest absolute Gasteiger partial charge is 0.388 e. The first-order valence-electron chi connectivity index (χ1n) is 10.2. The normalized spacial score (nSPS) is 24.2. The Kier molecular flexibility index (Phi) is 6.85. The average molecular weight is 409 g/mol. The number of carbonyl (C=O) groups excluding carboxylic acids is 2. The molecule has 1 atom stereocenters. The Bertz CT molecular complexity index is 732. The Morgan fingerprint density at radius 2 is 1.76 bits per heavy atom. The molecule has 0 spiro atoms. The van der Waals surface area contributed by atoms with Crippen LogP contribution in [0, 0.1) is 11.6 Å². The number of likely N-dealkylation sites (tertiary alicyclic amines) is 2. The molecule has 0 aliphatic carbocycles. The van der Waals surface area contributed by atoms with Crippen LogP contribution in [-0.2, 0) is 4.79 Å². The van der Waals surface area contributed by atoms with Gasteiger partial charge < -0.3 is 20.2 Å². The second kappa shape index (κ2) is 9.17. The molecule has 0 saturated carbocycles. The summed E-state index contributed by atoms with van der Waals surface area (Å²) in [5.41, 5.74) is -0.906. The third kappa shape index (κ3) is 5.96. The van der Waals surface area contributed by atoms with Gasteiger partial charge in [0.1, 0.15) is 11.6 Å². The van der Waals surface area contributed by atoms with E-state index in [9.17, 15) is 23.5 Å². The molecule has 160 valence electrons. The number of β-amino-alcohol motifs (C(OH)–C–C–N with tert-alkyl or cyclic N) is 1. The van der Waals surface area contributed by atoms with Crippen LogP contribution < -0.4 is 5.32 Å². The number of aliphatic hydroxyl groups is 1. The molecule has 2 amide bonds. The Balaban J connectivity index is 1.55. The summed E-state index contributed by atoms with van der Waals surface area (Å²) in [4.78, 5) is 27.6. The number of halogens is 2. The van der Waals surface area contributed by atoms with E-state index in [1.165, 1.54) is 6.92 Å². The third-order valence-corrected chi connectivity index (χ3v) is 5.83. The molecule has 1 aromatic carbocycles. The minimum Gasteiger partial charge on any atom is -0.388 e. The van der Waals surface area contributed by atoms with Crippen LogP contribution in [0.4, 0.5) is 8.78 Å². The number of amides is 2. The van der Waals surface area contributed by atoms with Gasteiger partial charge >= 0.3 is 0 Å². The summed E-state index contributed by atoms with van der Waals surface area (Å²) in [5, 5.41) is 14.0. The fourth-order valence-electron chi connectivity index (χ4n) is 4.34. The zero-order chi connectivity index (χ0) is 21.0. The van der Waals surface area contributed by atoms with Crippen LogP contribution >= 0.6 is 0 Å². The van der Waals surface area contributed by atoms with Gasteiger partial charge in [-0.3, -0.25) is 9.59 Å². The van der Waals surface area contributed by atoms with Crippen molar-refractivity contribution in [1.82, 2.24) is 15.1 Å². The number of rotatable bonds is 4. The van der Waals surface area contributed by atoms with E-state index < -0.39 is 23.1 Å². The number of nitrogens with one attached hydrogen (secondary N) is 1. The summed E-state index contributed by atoms with van der Waals surface area (Å²) in [6.45, 7) is 4.44. The van der Waals surface area contributed by atoms with Crippen LogP contribution in [-0.4, -0.2) is 71.1 Å². The number of carbonyl (C=O) groups is 2. The van der Waals surface area contributed by atoms with E-state index in [-0.39, 0.29) is 17.5 Å². The van der Waals surface area contributed by atoms with E-state index >= 15 is 0 Å². The van der Waals surface area contributed by atoms with E-state index in [0.29, 0.717) is 38.9 Å². The molecule has 1 aromatic rings. The van der Waals surface area contributed by atoms with E-state index in [4.69, 9.17) is 0 Å². The molecule has 0 radical (unpaired) electrons. The highest BCUT2D eigenvalue weighted by molar-refractivity contribution is 5.94. The van der Waals surface area contributed by atoms with Crippen molar-refractivity contribution in [2.45, 2.75) is 50.7 Å². The van der Waals surface area contributed by atoms with Gasteiger partial charge in [0.2, 0.25) is 5.91 Å². The molecule has 29 heavy (non-hydrogen) atoms. The summed E-state index contributed by atoms with van der Waals surface area (Å²) in [6.07, 6.45) is 3.32. The second-order valence-electron chi connectivity index (χ2n) is 8.28. The van der Waals surface area contributed by atoms with Crippen LogP contribution in [0.2, 0.25) is 0 Å². The second-order valence-corrected chi connectivity index (χ2v) is 8.28. The molecule has 0 aromatic heterocycles. The molecule has 0 bridgehead atoms. The van der Waals surface area contributed by atoms with E-state index in [1.807, 2.05) is 0 Å². The number of piperidine rings is 1. The lowest BCUT2D eigenvalue weighted by atomic mass is 9.93. The van der Waals surface area contributed by atoms with Crippen molar-refractivity contribution in [2.24, 2.45) is 0 Å². The minimum atomic E-state index is -0.900. The van der Waals surface area contributed by atoms with Gasteiger partial charge in [0.05, 0.1) is 5.60 Å². The van der Waals surface area contributed by atoms with Crippen LogP contribution in [0.3, 0.4) is 0 Å². The molecule has 2 N–H and O–H groups in total. The molecule has 2 fully saturated rings. The maximum Gasteiger partial charge on any atom is 0.254 e. The van der Waals surface area contributed by atoms with E-state index in [0.717, 1.165) is 44.1 Å². The van der Waals surface area contributed by atoms with Crippen molar-refractivity contribution in [3.63, 3.8) is 0 Å². The maximum atomic E-state index is 13.4. The van der Waals surface area contributed by atoms with Gasteiger partial charge in [-0.05, 0) is 44.2 Å². The van der Waals surface area contributed by atoms with Gasteiger partial charge in [-0.15, -0.1) is 0 Å². The molecule has 0 unspecified atom stereocenters. The average Bonchev–Trinajstić information content (AvgIpc) is 2.83. The van der Waals surface area contributed by atoms with Crippen LogP contribution in [0.1, 0.15) is 49.4 Å². The fourth-order valence-corrected chi connectivity index (χ4v) is 4.34. The highest BCUT2D eigenvalue weighted by Gasteiger charge is 2.34. The van der Waals surface area contributed by atoms with Crippen LogP contribution in [0.25, 0.3) is 0 Å². The standard InChI is InChI=1S/C21H29F2N3O3/c1-15(27)24-19-3-8-25(9-4-19)14-21(29)5-2-7-26(10-6-21)20(28)16-11-17(22)13-18(23)12-16/h11-13,19,29H,2-10,14H2,1H3,(H,24,27)/t21-/m0/s1. The Labute approximate surface area is 169 Å². The molecule has 2 aliphatic heterocycles. The zero-order valence-electron chi connectivity index (χ0n) is 16.8. The summed E-state index contributed by atoms with van der Waals surface area (Å²) in [6, 6.07) is 3.02. The monoisotopic (exact) mass is 409 g/mol. The Morgan fingerprint density at radius 1 is 1.10 bits per heavy atom. The lowest BCUT2D eigenvalue weighted by Crippen LogP contribution is -2.50. The van der Waals surface area contributed by atoms with Crippen molar-refractivity contribution >= 4 is 11.8 Å². The molecule has 3 rings (SSSR count). The van der Waals surface area contributed by atoms with Crippen molar-refractivity contribution in [1.29, 1.82) is 0 Å². The molecule has 2 saturated heterocycles. The van der Waals surface area contributed by atoms with E-state index in [1.54, 1.807) is 4.90 Å². The molecule has 6 nitrogen and oxygen atoms in total. The highest BCUT2D eigenvalue weighted by atomic mass is 19.1. The highest BCUT2D eigenvalue weighted by Crippen LogP contribution is 2.26. The van der Waals surface area contributed by atoms with Crippen LogP contribution in [0.5, 0.6) is 0 Å². The first kappa shape index (κ1) is 21.6. The van der Waals surface area contributed by atoms with Crippen LogP contribution in [0.15, 0.2) is 18.2 Å². The van der Waals surface area contributed by atoms with E-state index in [2.05, 4.69) is 10.2 Å². The predicted molar refractivity (Wildman–Crippen MR) is 104 cm³/mol. The van der Waals surface area contributed by atoms with Crippen molar-refractivity contribution in [3.05, 3.63) is 35.4 Å². The van der Waals surface area contributed by atoms with Gasteiger partial charge in [-0.25, -0.2) is 8.78 Å². The van der Waals surface area contributed by atoms with Gasteiger partial charge in [-0.1, -0.05) is 0 Å². The topological polar surface area (TPSA) is 72.9 Å². The zero-order valence-corrected chi connectivity index (χ0v) is 16.8. The fraction of sp³-hybridized carbons (Fsp3) is 0.619. The predicted octanol–water partition coefficient (Wildman–Crippen LogP) is 1.92. The van der Waals surface area contributed by atoms with Gasteiger partial charge in [0.25, 0.3) is 5.91 Å². The lowest BCUT2D eigenvalue weighted by Gasteiger charge is -2.38. The Morgan fingerprint density at radius 3 is 2.38 bits per heavy atom. The summed E-state index contributed by atoms with van der Waals surface area (Å²) >= 11 is 0. The first-order chi connectivity index (χ1) is 13.7. The quantitative estimate of drug-likeness (QED) is 0.797. The number of benzene rings is 1. The van der Waals surface area contributed by atoms with Crippen molar-refractivity contribution in [3.8, 4) is 0 Å². The molecule has 2 aliphatic rings. The summed E-state index contributed by atoms with van der Waals surface area (Å²) < 4.78 is 26.9. The number of nitrogens with zero attached hydrogens (tertiary/aromatic N) is 2. The molecular weight excluding hydrogens is 380 g/mol. The minimum absolute atomic E-state index is 0.00650. The van der Waals surface area contributed by atoms with Crippen molar-refractivity contribution in [2.75, 3.05) is 32.7 Å². The summed E-state index contributed by atoms with van der Waals surface area (Å²) in [5.74, 6) is -1.98. The number of hydrogen-bond donors (Lipinski definition) is 2. The molecule has 2 heterocycles. The SMILES string of the molecule is CC(=O)NC1CCN(C[C@]2(O)CCCN(C(=O)c3cc(F)cc(F)c3)CC2)CC1. The van der Waals surface area contributed by atoms with Gasteiger partial charge in [-0.2, -0.15) is 0 Å². The van der Waals surface area contributed by atoms with Gasteiger partial charge in [0.15, 0.2) is 0 Å². The van der Waals surface area contributed by atoms with Crippen molar-refractivity contribution < 1.29 is 23.5 Å².